The fraction of sp³-hybridized carbons (Fsp3) is 0.357. The second-order valence-corrected chi connectivity index (χ2v) is 4.30. The van der Waals surface area contributed by atoms with Crippen molar-refractivity contribution in [1.82, 2.24) is 5.32 Å². The molecule has 0 heterocycles. The molecule has 1 aromatic rings. The van der Waals surface area contributed by atoms with Crippen LogP contribution in [0.5, 0.6) is 5.75 Å². The van der Waals surface area contributed by atoms with Crippen LogP contribution in [-0.2, 0) is 4.79 Å². The first-order valence-corrected chi connectivity index (χ1v) is 6.32. The SMILES string of the molecule is C/C=C/CCNC(=O)C(C)Oc1ccc(Cl)cc1. The van der Waals surface area contributed by atoms with Gasteiger partial charge in [0.1, 0.15) is 5.75 Å². The average Bonchev–Trinajstić information content (AvgIpc) is 2.37. The van der Waals surface area contributed by atoms with Crippen molar-refractivity contribution in [3.63, 3.8) is 0 Å². The van der Waals surface area contributed by atoms with Crippen molar-refractivity contribution < 1.29 is 9.53 Å². The molecule has 0 saturated heterocycles. The summed E-state index contributed by atoms with van der Waals surface area (Å²) in [6.45, 7) is 4.30. The Hall–Kier alpha value is -1.48. The van der Waals surface area contributed by atoms with Crippen molar-refractivity contribution in [2.24, 2.45) is 0 Å². The molecule has 4 heteroatoms. The molecule has 0 aliphatic heterocycles. The molecule has 0 bridgehead atoms. The van der Waals surface area contributed by atoms with E-state index in [2.05, 4.69) is 5.32 Å². The van der Waals surface area contributed by atoms with Gasteiger partial charge in [-0.3, -0.25) is 4.79 Å². The normalized spacial score (nSPS) is 12.4. The van der Waals surface area contributed by atoms with Crippen LogP contribution in [0.2, 0.25) is 5.02 Å². The van der Waals surface area contributed by atoms with Gasteiger partial charge < -0.3 is 10.1 Å². The summed E-state index contributed by atoms with van der Waals surface area (Å²) in [6.07, 6.45) is 4.28. The van der Waals surface area contributed by atoms with Gasteiger partial charge in [-0.25, -0.2) is 0 Å². The first-order valence-electron chi connectivity index (χ1n) is 5.94. The van der Waals surface area contributed by atoms with E-state index in [1.54, 1.807) is 31.2 Å². The lowest BCUT2D eigenvalue weighted by Gasteiger charge is -2.14. The minimum Gasteiger partial charge on any atom is -0.481 e. The number of hydrogen-bond donors (Lipinski definition) is 1. The van der Waals surface area contributed by atoms with Crippen LogP contribution < -0.4 is 10.1 Å². The zero-order chi connectivity index (χ0) is 13.4. The van der Waals surface area contributed by atoms with Gasteiger partial charge in [-0.2, -0.15) is 0 Å². The summed E-state index contributed by atoms with van der Waals surface area (Å²) >= 11 is 5.77. The fourth-order valence-corrected chi connectivity index (χ4v) is 1.49. The van der Waals surface area contributed by atoms with Gasteiger partial charge in [-0.05, 0) is 44.5 Å². The Kier molecular flexibility index (Phi) is 6.29. The molecule has 1 N–H and O–H groups in total. The molecule has 1 aromatic carbocycles. The standard InChI is InChI=1S/C14H18ClNO2/c1-3-4-5-10-16-14(17)11(2)18-13-8-6-12(15)7-9-13/h3-4,6-9,11H,5,10H2,1-2H3,(H,16,17)/b4-3+. The lowest BCUT2D eigenvalue weighted by molar-refractivity contribution is -0.127. The van der Waals surface area contributed by atoms with E-state index < -0.39 is 6.10 Å². The average molecular weight is 268 g/mol. The number of benzene rings is 1. The molecule has 1 atom stereocenters. The van der Waals surface area contributed by atoms with Gasteiger partial charge in [0.15, 0.2) is 6.10 Å². The maximum atomic E-state index is 11.7. The van der Waals surface area contributed by atoms with Crippen molar-refractivity contribution in [3.8, 4) is 5.75 Å². The largest absolute Gasteiger partial charge is 0.481 e. The third-order valence-electron chi connectivity index (χ3n) is 2.34. The van der Waals surface area contributed by atoms with E-state index in [0.29, 0.717) is 17.3 Å². The molecule has 3 nitrogen and oxygen atoms in total. The second-order valence-electron chi connectivity index (χ2n) is 3.86. The van der Waals surface area contributed by atoms with E-state index in [0.717, 1.165) is 6.42 Å². The summed E-state index contributed by atoms with van der Waals surface area (Å²) in [5.41, 5.74) is 0. The second kappa shape index (κ2) is 7.77. The van der Waals surface area contributed by atoms with Crippen LogP contribution in [0.1, 0.15) is 20.3 Å². The molecule has 0 spiro atoms. The Bertz CT molecular complexity index is 401. The molecule has 1 amide bonds. The van der Waals surface area contributed by atoms with E-state index in [4.69, 9.17) is 16.3 Å². The van der Waals surface area contributed by atoms with Gasteiger partial charge in [-0.1, -0.05) is 23.8 Å². The predicted molar refractivity (Wildman–Crippen MR) is 74.0 cm³/mol. The summed E-state index contributed by atoms with van der Waals surface area (Å²) in [7, 11) is 0. The zero-order valence-electron chi connectivity index (χ0n) is 10.7. The number of allylic oxidation sites excluding steroid dienone is 1. The van der Waals surface area contributed by atoms with E-state index in [9.17, 15) is 4.79 Å². The Balaban J connectivity index is 2.37. The van der Waals surface area contributed by atoms with Crippen LogP contribution in [0.15, 0.2) is 36.4 Å². The molecule has 0 aromatic heterocycles. The van der Waals surface area contributed by atoms with E-state index in [1.807, 2.05) is 19.1 Å². The third kappa shape index (κ3) is 5.23. The smallest absolute Gasteiger partial charge is 0.260 e. The highest BCUT2D eigenvalue weighted by molar-refractivity contribution is 6.30. The van der Waals surface area contributed by atoms with Gasteiger partial charge in [0.25, 0.3) is 5.91 Å². The number of carbonyl (C=O) groups excluding carboxylic acids is 1. The van der Waals surface area contributed by atoms with Crippen LogP contribution in [0, 0.1) is 0 Å². The maximum absolute atomic E-state index is 11.7. The predicted octanol–water partition coefficient (Wildman–Crippen LogP) is 3.19. The van der Waals surface area contributed by atoms with Gasteiger partial charge in [0.05, 0.1) is 0 Å². The molecule has 1 rings (SSSR count). The minimum absolute atomic E-state index is 0.116. The Morgan fingerprint density at radius 3 is 2.72 bits per heavy atom. The topological polar surface area (TPSA) is 38.3 Å². The molecule has 0 aliphatic carbocycles. The van der Waals surface area contributed by atoms with Gasteiger partial charge >= 0.3 is 0 Å². The minimum atomic E-state index is -0.517. The number of ether oxygens (including phenoxy) is 1. The van der Waals surface area contributed by atoms with E-state index >= 15 is 0 Å². The first-order chi connectivity index (χ1) is 8.63. The highest BCUT2D eigenvalue weighted by Gasteiger charge is 2.13. The highest BCUT2D eigenvalue weighted by atomic mass is 35.5. The van der Waals surface area contributed by atoms with Crippen molar-refractivity contribution in [1.29, 1.82) is 0 Å². The van der Waals surface area contributed by atoms with Crippen molar-refractivity contribution >= 4 is 17.5 Å². The van der Waals surface area contributed by atoms with Gasteiger partial charge in [0.2, 0.25) is 0 Å². The van der Waals surface area contributed by atoms with Crippen molar-refractivity contribution in [3.05, 3.63) is 41.4 Å². The Morgan fingerprint density at radius 1 is 1.44 bits per heavy atom. The zero-order valence-corrected chi connectivity index (χ0v) is 11.4. The lowest BCUT2D eigenvalue weighted by atomic mass is 10.3. The molecule has 0 aliphatic rings. The molecular weight excluding hydrogens is 250 g/mol. The first kappa shape index (κ1) is 14.6. The highest BCUT2D eigenvalue weighted by Crippen LogP contribution is 2.16. The number of carbonyl (C=O) groups is 1. The molecule has 0 saturated carbocycles. The number of halogens is 1. The lowest BCUT2D eigenvalue weighted by Crippen LogP contribution is -2.36. The van der Waals surface area contributed by atoms with E-state index in [-0.39, 0.29) is 5.91 Å². The molecule has 18 heavy (non-hydrogen) atoms. The fourth-order valence-electron chi connectivity index (χ4n) is 1.36. The van der Waals surface area contributed by atoms with E-state index in [1.165, 1.54) is 0 Å². The summed E-state index contributed by atoms with van der Waals surface area (Å²) in [5, 5.41) is 3.45. The number of rotatable bonds is 6. The van der Waals surface area contributed by atoms with Crippen LogP contribution in [-0.4, -0.2) is 18.6 Å². The van der Waals surface area contributed by atoms with Crippen molar-refractivity contribution in [2.75, 3.05) is 6.54 Å². The Labute approximate surface area is 113 Å². The molecule has 0 radical (unpaired) electrons. The van der Waals surface area contributed by atoms with Crippen LogP contribution in [0.25, 0.3) is 0 Å². The molecular formula is C14H18ClNO2. The van der Waals surface area contributed by atoms with Gasteiger partial charge in [0, 0.05) is 11.6 Å². The summed E-state index contributed by atoms with van der Waals surface area (Å²) < 4.78 is 5.50. The third-order valence-corrected chi connectivity index (χ3v) is 2.59. The molecule has 98 valence electrons. The van der Waals surface area contributed by atoms with Crippen LogP contribution >= 0.6 is 11.6 Å². The molecule has 0 fully saturated rings. The summed E-state index contributed by atoms with van der Waals surface area (Å²) in [4.78, 5) is 11.7. The Morgan fingerprint density at radius 2 is 2.11 bits per heavy atom. The number of nitrogens with one attached hydrogen (secondary N) is 1. The van der Waals surface area contributed by atoms with Crippen LogP contribution in [0.3, 0.4) is 0 Å². The quantitative estimate of drug-likeness (QED) is 0.635. The monoisotopic (exact) mass is 267 g/mol. The van der Waals surface area contributed by atoms with Crippen molar-refractivity contribution in [2.45, 2.75) is 26.4 Å². The molecule has 1 unspecified atom stereocenters. The van der Waals surface area contributed by atoms with Crippen LogP contribution in [0.4, 0.5) is 0 Å². The number of hydrogen-bond acceptors (Lipinski definition) is 2. The summed E-state index contributed by atoms with van der Waals surface area (Å²) in [6, 6.07) is 6.94. The summed E-state index contributed by atoms with van der Waals surface area (Å²) in [5.74, 6) is 0.518. The van der Waals surface area contributed by atoms with Gasteiger partial charge in [-0.15, -0.1) is 0 Å². The maximum Gasteiger partial charge on any atom is 0.260 e. The number of amides is 1.